The van der Waals surface area contributed by atoms with Gasteiger partial charge in [-0.3, -0.25) is 0 Å². The van der Waals surface area contributed by atoms with E-state index in [0.717, 1.165) is 19.5 Å². The van der Waals surface area contributed by atoms with Crippen LogP contribution in [0.2, 0.25) is 39.3 Å². The van der Waals surface area contributed by atoms with E-state index in [4.69, 9.17) is 25.3 Å². The fraction of sp³-hybridized carbons (Fsp3) is 0.375. The summed E-state index contributed by atoms with van der Waals surface area (Å²) >= 11 is 14.5. The Morgan fingerprint density at radius 2 is 1.00 bits per heavy atom. The summed E-state index contributed by atoms with van der Waals surface area (Å²) in [6.07, 6.45) is 0. The van der Waals surface area contributed by atoms with E-state index < -0.39 is 16.1 Å². The summed E-state index contributed by atoms with van der Waals surface area (Å²) in [6, 6.07) is 4.29. The second-order valence-electron chi connectivity index (χ2n) is 7.36. The Kier molecular flexibility index (Phi) is 9.69. The van der Waals surface area contributed by atoms with Crippen molar-refractivity contribution in [3.63, 3.8) is 0 Å². The molecule has 0 bridgehead atoms. The molecule has 0 N–H and O–H groups in total. The molecule has 0 saturated heterocycles. The van der Waals surface area contributed by atoms with Crippen LogP contribution in [-0.4, -0.2) is 16.1 Å². The third-order valence-electron chi connectivity index (χ3n) is 3.16. The van der Waals surface area contributed by atoms with Gasteiger partial charge in [-0.05, 0) is 9.00 Å². The minimum atomic E-state index is -1.31. The predicted molar refractivity (Wildman–Crippen MR) is 112 cm³/mol. The molecule has 2 heterocycles. The van der Waals surface area contributed by atoms with Gasteiger partial charge < -0.3 is 25.3 Å². The molecule has 2 rings (SSSR count). The van der Waals surface area contributed by atoms with E-state index in [1.165, 1.54) is 9.00 Å². The quantitative estimate of drug-likeness (QED) is 0.323. The van der Waals surface area contributed by atoms with Crippen LogP contribution in [0.5, 0.6) is 0 Å². The van der Waals surface area contributed by atoms with E-state index in [9.17, 15) is 0 Å². The Morgan fingerprint density at radius 1 is 0.708 bits per heavy atom. The monoisotopic (exact) mass is 410 g/mol. The van der Waals surface area contributed by atoms with Crippen molar-refractivity contribution in [3.8, 4) is 11.8 Å². The van der Waals surface area contributed by atoms with Gasteiger partial charge in [0.2, 0.25) is 0 Å². The van der Waals surface area contributed by atoms with Crippen LogP contribution in [0, 0.1) is 11.8 Å². The van der Waals surface area contributed by atoms with Gasteiger partial charge in [-0.15, -0.1) is 32.5 Å². The standard InChI is InChI=1S/C16H22S4Si2.2Li/c1-21(2,3)15-9-11(17)13(19-15)7-8-14-12(18)10-16(20-14)22(4,5)6;;/h9-10,17-18H,1-6H3;;/q;2*+1/p-2. The minimum absolute atomic E-state index is 0. The van der Waals surface area contributed by atoms with Crippen molar-refractivity contribution in [1.82, 2.24) is 0 Å². The van der Waals surface area contributed by atoms with Gasteiger partial charge in [-0.1, -0.05) is 63.3 Å². The van der Waals surface area contributed by atoms with Gasteiger partial charge in [0.1, 0.15) is 0 Å². The van der Waals surface area contributed by atoms with E-state index in [-0.39, 0.29) is 37.7 Å². The summed E-state index contributed by atoms with van der Waals surface area (Å²) in [7, 11) is -2.62. The molecule has 0 aliphatic heterocycles. The van der Waals surface area contributed by atoms with Crippen LogP contribution in [0.1, 0.15) is 9.75 Å². The first kappa shape index (κ1) is 25.0. The number of hydrogen-bond acceptors (Lipinski definition) is 4. The third-order valence-corrected chi connectivity index (χ3v) is 13.3. The third kappa shape index (κ3) is 6.33. The average molecular weight is 411 g/mol. The van der Waals surface area contributed by atoms with Crippen LogP contribution < -0.4 is 46.7 Å². The molecule has 0 spiro atoms. The Labute approximate surface area is 191 Å². The molecular formula is C16H20Li2S4Si2. The molecule has 0 radical (unpaired) electrons. The van der Waals surface area contributed by atoms with Crippen molar-refractivity contribution in [3.05, 3.63) is 21.9 Å². The zero-order valence-electron chi connectivity index (χ0n) is 15.8. The Balaban J connectivity index is 0.00000264. The average Bonchev–Trinajstić information content (AvgIpc) is 2.89. The molecule has 118 valence electrons. The fourth-order valence-corrected chi connectivity index (χ4v) is 8.25. The molecule has 2 aromatic heterocycles. The van der Waals surface area contributed by atoms with E-state index in [1.54, 1.807) is 22.7 Å². The normalized spacial score (nSPS) is 11.1. The molecular weight excluding hydrogens is 390 g/mol. The number of hydrogen-bond donors (Lipinski definition) is 0. The van der Waals surface area contributed by atoms with Gasteiger partial charge in [0, 0.05) is 0 Å². The first-order chi connectivity index (χ1) is 9.98. The van der Waals surface area contributed by atoms with Crippen LogP contribution in [0.15, 0.2) is 21.9 Å². The molecule has 0 aliphatic rings. The Morgan fingerprint density at radius 3 is 1.21 bits per heavy atom. The maximum Gasteiger partial charge on any atom is 1.00 e. The molecule has 0 unspecified atom stereocenters. The van der Waals surface area contributed by atoms with Crippen molar-refractivity contribution in [1.29, 1.82) is 0 Å². The topological polar surface area (TPSA) is 0 Å². The van der Waals surface area contributed by atoms with Crippen molar-refractivity contribution in [2.24, 2.45) is 0 Å². The zero-order chi connectivity index (χ0) is 16.7. The maximum absolute atomic E-state index is 5.47. The number of rotatable bonds is 2. The summed E-state index contributed by atoms with van der Waals surface area (Å²) in [5.41, 5.74) is 0. The van der Waals surface area contributed by atoms with E-state index >= 15 is 0 Å². The number of thiophene rings is 2. The van der Waals surface area contributed by atoms with Gasteiger partial charge in [0.05, 0.1) is 25.9 Å². The van der Waals surface area contributed by atoms with Gasteiger partial charge in [0.15, 0.2) is 0 Å². The van der Waals surface area contributed by atoms with Crippen molar-refractivity contribution < 1.29 is 37.7 Å². The second kappa shape index (κ2) is 9.29. The minimum Gasteiger partial charge on any atom is -0.778 e. The maximum atomic E-state index is 5.47. The molecule has 0 saturated carbocycles. The van der Waals surface area contributed by atoms with Gasteiger partial charge in [-0.2, -0.15) is 0 Å². The van der Waals surface area contributed by atoms with Crippen LogP contribution in [0.25, 0.3) is 0 Å². The van der Waals surface area contributed by atoms with Crippen LogP contribution in [-0.2, 0) is 25.3 Å². The molecule has 0 fully saturated rings. The van der Waals surface area contributed by atoms with Crippen molar-refractivity contribution in [2.45, 2.75) is 49.1 Å². The summed E-state index contributed by atoms with van der Waals surface area (Å²) in [5.74, 6) is 6.55. The smallest absolute Gasteiger partial charge is 0.778 e. The van der Waals surface area contributed by atoms with Crippen LogP contribution in [0.3, 0.4) is 0 Å². The molecule has 0 aliphatic carbocycles. The van der Waals surface area contributed by atoms with Gasteiger partial charge in [-0.25, -0.2) is 0 Å². The molecule has 0 aromatic carbocycles. The van der Waals surface area contributed by atoms with Crippen LogP contribution in [0.4, 0.5) is 0 Å². The molecule has 8 heteroatoms. The van der Waals surface area contributed by atoms with E-state index in [0.29, 0.717) is 0 Å². The second-order valence-corrected chi connectivity index (χ2v) is 21.1. The summed E-state index contributed by atoms with van der Waals surface area (Å²) in [5, 5.41) is 0. The summed E-state index contributed by atoms with van der Waals surface area (Å²) in [6.45, 7) is 14.0. The SMILES string of the molecule is C[Si](C)(C)c1cc([S-])c(C#Cc2sc([Si](C)(C)C)cc2[S-])s1.[Li+].[Li+]. The zero-order valence-corrected chi connectivity index (χ0v) is 21.1. The molecule has 0 amide bonds. The molecule has 0 atom stereocenters. The largest absolute Gasteiger partial charge is 1.00 e. The molecule has 24 heavy (non-hydrogen) atoms. The Bertz CT molecular complexity index is 694. The van der Waals surface area contributed by atoms with Gasteiger partial charge in [0.25, 0.3) is 0 Å². The van der Waals surface area contributed by atoms with Gasteiger partial charge >= 0.3 is 37.7 Å². The fourth-order valence-electron chi connectivity index (χ4n) is 1.78. The van der Waals surface area contributed by atoms with Crippen LogP contribution >= 0.6 is 22.7 Å². The van der Waals surface area contributed by atoms with E-state index in [2.05, 4.69) is 63.3 Å². The van der Waals surface area contributed by atoms with Crippen molar-refractivity contribution in [2.75, 3.05) is 0 Å². The first-order valence-electron chi connectivity index (χ1n) is 7.13. The Hall–Kier alpha value is 1.03. The van der Waals surface area contributed by atoms with Crippen molar-refractivity contribution >= 4 is 73.1 Å². The van der Waals surface area contributed by atoms with E-state index in [1.807, 2.05) is 0 Å². The predicted octanol–water partition coefficient (Wildman–Crippen LogP) is -1.88. The summed E-state index contributed by atoms with van der Waals surface area (Å²) < 4.78 is 2.85. The first-order valence-corrected chi connectivity index (χ1v) is 16.6. The molecule has 2 aromatic rings. The molecule has 0 nitrogen and oxygen atoms in total. The summed E-state index contributed by atoms with van der Waals surface area (Å²) in [4.78, 5) is 3.82.